The summed E-state index contributed by atoms with van der Waals surface area (Å²) in [6, 6.07) is 0. The van der Waals surface area contributed by atoms with E-state index in [1.165, 1.54) is 0 Å². The predicted octanol–water partition coefficient (Wildman–Crippen LogP) is -1.35. The predicted molar refractivity (Wildman–Crippen MR) is 90.3 cm³/mol. The van der Waals surface area contributed by atoms with E-state index in [-0.39, 0.29) is 42.6 Å². The Bertz CT molecular complexity index is 756. The molecule has 2 spiro atoms. The molecule has 154 valence electrons. The number of nitrogens with zero attached hydrogens (tertiary/aromatic N) is 1. The molecule has 0 aromatic heterocycles. The third-order valence-electron chi connectivity index (χ3n) is 7.25. The van der Waals surface area contributed by atoms with Gasteiger partial charge in [-0.15, -0.1) is 0 Å². The van der Waals surface area contributed by atoms with Crippen LogP contribution in [0, 0.1) is 17.8 Å². The molecule has 8 unspecified atom stereocenters. The molecular formula is C18H25N2O8+. The number of aliphatic hydroxyl groups is 2. The molecule has 2 saturated carbocycles. The highest BCUT2D eigenvalue weighted by Gasteiger charge is 2.96. The fraction of sp³-hybridized carbons (Fsp3) is 0.778. The van der Waals surface area contributed by atoms with Gasteiger partial charge in [0.05, 0.1) is 24.0 Å². The minimum atomic E-state index is -1.19. The third kappa shape index (κ3) is 2.51. The standard InChI is InChI=1S/C18H24N2O8/c21-8-1-3-10(15(24)25)11(5-8)14(23)19-13-7-20(13)17(28)18(20)6-9(22)2-4-12(18)16(26)27/h8-13,21-22H,1-7H2,(H2-,19,23,24,25,26,27)/p+1. The number of rotatable bonds is 4. The van der Waals surface area contributed by atoms with Crippen LogP contribution in [0.4, 0.5) is 0 Å². The van der Waals surface area contributed by atoms with Gasteiger partial charge in [-0.25, -0.2) is 9.28 Å². The summed E-state index contributed by atoms with van der Waals surface area (Å²) in [6.45, 7) is 0.258. The zero-order chi connectivity index (χ0) is 20.4. The Labute approximate surface area is 160 Å². The van der Waals surface area contributed by atoms with Crippen molar-refractivity contribution in [1.82, 2.24) is 5.32 Å². The first kappa shape index (κ1) is 19.3. The van der Waals surface area contributed by atoms with Crippen LogP contribution >= 0.6 is 0 Å². The topological polar surface area (TPSA) is 161 Å². The average molecular weight is 397 g/mol. The number of carbonyl (C=O) groups is 4. The van der Waals surface area contributed by atoms with Crippen molar-refractivity contribution in [3.05, 3.63) is 0 Å². The highest BCUT2D eigenvalue weighted by atomic mass is 16.4. The Kier molecular flexibility index (Phi) is 4.29. The number of amides is 2. The van der Waals surface area contributed by atoms with E-state index in [2.05, 4.69) is 5.32 Å². The van der Waals surface area contributed by atoms with Crippen LogP contribution in [-0.4, -0.2) is 79.1 Å². The molecule has 28 heavy (non-hydrogen) atoms. The van der Waals surface area contributed by atoms with Crippen molar-refractivity contribution in [1.29, 1.82) is 0 Å². The van der Waals surface area contributed by atoms with Crippen molar-refractivity contribution in [3.8, 4) is 0 Å². The molecule has 0 bridgehead atoms. The molecule has 4 rings (SSSR count). The molecule has 2 saturated heterocycles. The minimum absolute atomic E-state index is 0.0467. The lowest BCUT2D eigenvalue weighted by Crippen LogP contribution is -2.47. The summed E-state index contributed by atoms with van der Waals surface area (Å²) < 4.78 is -0.167. The highest BCUT2D eigenvalue weighted by molar-refractivity contribution is 5.99. The number of carbonyl (C=O) groups excluding carboxylic acids is 2. The van der Waals surface area contributed by atoms with Crippen LogP contribution in [0.15, 0.2) is 0 Å². The summed E-state index contributed by atoms with van der Waals surface area (Å²) in [5.74, 6) is -5.64. The summed E-state index contributed by atoms with van der Waals surface area (Å²) in [7, 11) is 0. The van der Waals surface area contributed by atoms with Crippen LogP contribution in [0.5, 0.6) is 0 Å². The number of hydrogen-bond acceptors (Lipinski definition) is 6. The SMILES string of the molecule is O=C(O)C1CCC(O)CC1C(=O)NC1C[N+]12C(=O)C21CC(O)CCC1C(=O)O. The number of hydrogen-bond donors (Lipinski definition) is 5. The van der Waals surface area contributed by atoms with Crippen LogP contribution in [0.3, 0.4) is 0 Å². The molecule has 0 aromatic carbocycles. The van der Waals surface area contributed by atoms with Crippen molar-refractivity contribution >= 4 is 23.8 Å². The van der Waals surface area contributed by atoms with E-state index in [0.29, 0.717) is 12.8 Å². The van der Waals surface area contributed by atoms with Gasteiger partial charge in [0.2, 0.25) is 17.6 Å². The number of nitrogens with one attached hydrogen (secondary N) is 1. The average Bonchev–Trinajstić information content (AvgIpc) is 3.45. The summed E-state index contributed by atoms with van der Waals surface area (Å²) in [6.07, 6.45) is -0.922. The molecule has 2 heterocycles. The molecule has 4 fully saturated rings. The van der Waals surface area contributed by atoms with Gasteiger partial charge in [0.15, 0.2) is 6.54 Å². The van der Waals surface area contributed by atoms with Crippen LogP contribution in [0.25, 0.3) is 0 Å². The van der Waals surface area contributed by atoms with Gasteiger partial charge in [-0.1, -0.05) is 0 Å². The maximum absolute atomic E-state index is 12.7. The summed E-state index contributed by atoms with van der Waals surface area (Å²) in [5, 5.41) is 41.5. The number of quaternary nitrogens is 1. The number of aliphatic carboxylic acids is 2. The molecule has 4 aliphatic rings. The first-order valence-corrected chi connectivity index (χ1v) is 9.70. The second kappa shape index (κ2) is 6.23. The van der Waals surface area contributed by atoms with Crippen molar-refractivity contribution in [3.63, 3.8) is 0 Å². The highest BCUT2D eigenvalue weighted by Crippen LogP contribution is 2.64. The van der Waals surface area contributed by atoms with E-state index in [0.717, 1.165) is 0 Å². The maximum atomic E-state index is 12.7. The Hall–Kier alpha value is -2.04. The van der Waals surface area contributed by atoms with Gasteiger partial charge in [-0.2, -0.15) is 0 Å². The van der Waals surface area contributed by atoms with Crippen LogP contribution in [-0.2, 0) is 19.2 Å². The summed E-state index contributed by atoms with van der Waals surface area (Å²) >= 11 is 0. The maximum Gasteiger partial charge on any atom is 0.379 e. The first-order chi connectivity index (χ1) is 13.1. The number of carboxylic acids is 2. The normalized spacial score (nSPS) is 47.0. The Morgan fingerprint density at radius 1 is 0.964 bits per heavy atom. The van der Waals surface area contributed by atoms with Gasteiger partial charge in [-0.05, 0) is 32.1 Å². The summed E-state index contributed by atoms with van der Waals surface area (Å²) in [4.78, 5) is 48.6. The second-order valence-electron chi connectivity index (χ2n) is 8.65. The number of carboxylic acid groups (broad SMARTS) is 2. The minimum Gasteiger partial charge on any atom is -0.481 e. The lowest BCUT2D eigenvalue weighted by atomic mass is 9.76. The second-order valence-corrected chi connectivity index (χ2v) is 8.65. The van der Waals surface area contributed by atoms with Gasteiger partial charge in [0, 0.05) is 6.42 Å². The Morgan fingerprint density at radius 3 is 2.29 bits per heavy atom. The van der Waals surface area contributed by atoms with E-state index < -0.39 is 59.5 Å². The smallest absolute Gasteiger partial charge is 0.379 e. The molecule has 5 N–H and O–H groups in total. The number of aliphatic hydroxyl groups excluding tert-OH is 2. The molecule has 10 heteroatoms. The van der Waals surface area contributed by atoms with Gasteiger partial charge in [-0.3, -0.25) is 14.4 Å². The van der Waals surface area contributed by atoms with Crippen molar-refractivity contribution in [2.75, 3.05) is 6.54 Å². The van der Waals surface area contributed by atoms with E-state index in [1.54, 1.807) is 0 Å². The van der Waals surface area contributed by atoms with Crippen LogP contribution in [0.1, 0.15) is 38.5 Å². The third-order valence-corrected chi connectivity index (χ3v) is 7.25. The molecule has 0 radical (unpaired) electrons. The van der Waals surface area contributed by atoms with E-state index in [4.69, 9.17) is 0 Å². The van der Waals surface area contributed by atoms with E-state index in [1.807, 2.05) is 0 Å². The zero-order valence-corrected chi connectivity index (χ0v) is 15.3. The van der Waals surface area contributed by atoms with Crippen molar-refractivity contribution in [2.24, 2.45) is 17.8 Å². The molecule has 8 atom stereocenters. The van der Waals surface area contributed by atoms with E-state index in [9.17, 15) is 39.6 Å². The number of fused-ring (bicyclic) bond motifs is 1. The lowest BCUT2D eigenvalue weighted by Gasteiger charge is -2.30. The fourth-order valence-corrected chi connectivity index (χ4v) is 5.72. The molecular weight excluding hydrogens is 372 g/mol. The van der Waals surface area contributed by atoms with Crippen LogP contribution < -0.4 is 5.32 Å². The van der Waals surface area contributed by atoms with Gasteiger partial charge in [0.25, 0.3) is 0 Å². The molecule has 0 aromatic rings. The largest absolute Gasteiger partial charge is 0.481 e. The van der Waals surface area contributed by atoms with Gasteiger partial charge < -0.3 is 25.7 Å². The lowest BCUT2D eigenvalue weighted by molar-refractivity contribution is -0.677. The molecule has 10 nitrogen and oxygen atoms in total. The Balaban J connectivity index is 1.49. The molecule has 2 amide bonds. The fourth-order valence-electron chi connectivity index (χ4n) is 5.72. The van der Waals surface area contributed by atoms with Crippen molar-refractivity contribution in [2.45, 2.75) is 62.4 Å². The molecule has 2 aliphatic heterocycles. The van der Waals surface area contributed by atoms with Gasteiger partial charge >= 0.3 is 17.8 Å². The van der Waals surface area contributed by atoms with Gasteiger partial charge in [0.1, 0.15) is 5.92 Å². The molecule has 2 aliphatic carbocycles. The Morgan fingerprint density at radius 2 is 1.64 bits per heavy atom. The van der Waals surface area contributed by atoms with Crippen molar-refractivity contribution < 1.29 is 44.1 Å². The quantitative estimate of drug-likeness (QED) is 0.287. The monoisotopic (exact) mass is 397 g/mol. The van der Waals surface area contributed by atoms with E-state index >= 15 is 0 Å². The first-order valence-electron chi connectivity index (χ1n) is 9.70. The summed E-state index contributed by atoms with van der Waals surface area (Å²) in [5.41, 5.74) is -1.19. The zero-order valence-electron chi connectivity index (χ0n) is 15.3. The van der Waals surface area contributed by atoms with Crippen LogP contribution in [0.2, 0.25) is 0 Å².